The van der Waals surface area contributed by atoms with E-state index in [2.05, 4.69) is 24.5 Å². The van der Waals surface area contributed by atoms with Crippen LogP contribution in [-0.2, 0) is 15.9 Å². The first-order valence-electron chi connectivity index (χ1n) is 11.0. The molecule has 2 fully saturated rings. The van der Waals surface area contributed by atoms with Gasteiger partial charge < -0.3 is 19.5 Å². The van der Waals surface area contributed by atoms with E-state index in [1.54, 1.807) is 6.26 Å². The van der Waals surface area contributed by atoms with E-state index >= 15 is 0 Å². The molecule has 1 saturated carbocycles. The van der Waals surface area contributed by atoms with Crippen molar-refractivity contribution in [2.24, 2.45) is 11.8 Å². The smallest absolute Gasteiger partial charge is 0.317 e. The molecule has 1 unspecified atom stereocenters. The van der Waals surface area contributed by atoms with Crippen molar-refractivity contribution in [2.75, 3.05) is 25.3 Å². The van der Waals surface area contributed by atoms with Crippen LogP contribution in [-0.4, -0.2) is 65.0 Å². The SMILES string of the molecule is CC(C)NC(=O)N1CCC[C@H](NC[S+](C)[O-])[C@@H]1CO[C@H]1CC[C@@H](C(C)C)CC1. The molecule has 2 N–H and O–H groups in total. The second-order valence-corrected chi connectivity index (χ2v) is 10.6. The first-order valence-corrected chi connectivity index (χ1v) is 12.7. The summed E-state index contributed by atoms with van der Waals surface area (Å²) < 4.78 is 17.9. The average Bonchev–Trinajstić information content (AvgIpc) is 2.64. The van der Waals surface area contributed by atoms with Gasteiger partial charge in [0.1, 0.15) is 0 Å². The molecule has 7 heteroatoms. The normalized spacial score (nSPS) is 29.9. The fourth-order valence-corrected chi connectivity index (χ4v) is 4.91. The Morgan fingerprint density at radius 3 is 2.43 bits per heavy atom. The van der Waals surface area contributed by atoms with Crippen LogP contribution in [0.4, 0.5) is 4.79 Å². The van der Waals surface area contributed by atoms with Gasteiger partial charge in [0.25, 0.3) is 0 Å². The summed E-state index contributed by atoms with van der Waals surface area (Å²) in [5, 5.41) is 6.44. The highest BCUT2D eigenvalue weighted by molar-refractivity contribution is 7.90. The number of piperidine rings is 1. The number of carbonyl (C=O) groups is 1. The summed E-state index contributed by atoms with van der Waals surface area (Å²) in [6.45, 7) is 9.89. The van der Waals surface area contributed by atoms with Gasteiger partial charge in [-0.05, 0) is 75.4 Å². The van der Waals surface area contributed by atoms with Crippen LogP contribution < -0.4 is 10.6 Å². The second kappa shape index (κ2) is 11.6. The predicted octanol–water partition coefficient (Wildman–Crippen LogP) is 3.09. The van der Waals surface area contributed by atoms with Crippen molar-refractivity contribution in [2.45, 2.75) is 90.4 Å². The number of rotatable bonds is 8. The largest absolute Gasteiger partial charge is 0.616 e. The molecule has 6 nitrogen and oxygen atoms in total. The lowest BCUT2D eigenvalue weighted by Gasteiger charge is -2.42. The van der Waals surface area contributed by atoms with Gasteiger partial charge in [0, 0.05) is 18.6 Å². The lowest BCUT2D eigenvalue weighted by molar-refractivity contribution is -0.0257. The van der Waals surface area contributed by atoms with E-state index in [-0.39, 0.29) is 24.2 Å². The summed E-state index contributed by atoms with van der Waals surface area (Å²) in [5.74, 6) is 2.02. The molecule has 28 heavy (non-hydrogen) atoms. The van der Waals surface area contributed by atoms with E-state index in [1.165, 1.54) is 12.8 Å². The van der Waals surface area contributed by atoms with Gasteiger partial charge in [0.05, 0.1) is 25.0 Å². The Bertz CT molecular complexity index is 468. The Balaban J connectivity index is 1.96. The van der Waals surface area contributed by atoms with Crippen molar-refractivity contribution >= 4 is 17.2 Å². The molecule has 2 rings (SSSR count). The van der Waals surface area contributed by atoms with Gasteiger partial charge in [-0.25, -0.2) is 4.79 Å². The maximum Gasteiger partial charge on any atom is 0.317 e. The van der Waals surface area contributed by atoms with Crippen LogP contribution in [0.1, 0.15) is 66.2 Å². The fourth-order valence-electron chi connectivity index (χ4n) is 4.46. The number of carbonyl (C=O) groups excluding carboxylic acids is 1. The van der Waals surface area contributed by atoms with Crippen molar-refractivity contribution in [1.82, 2.24) is 15.5 Å². The topological polar surface area (TPSA) is 76.7 Å². The van der Waals surface area contributed by atoms with Gasteiger partial charge in [-0.1, -0.05) is 13.8 Å². The molecule has 164 valence electrons. The molecule has 0 aromatic carbocycles. The lowest BCUT2D eigenvalue weighted by Crippen LogP contribution is -2.61. The van der Waals surface area contributed by atoms with E-state index < -0.39 is 11.2 Å². The van der Waals surface area contributed by atoms with Gasteiger partial charge in [0.15, 0.2) is 5.88 Å². The highest BCUT2D eigenvalue weighted by Crippen LogP contribution is 2.31. The Labute approximate surface area is 174 Å². The predicted molar refractivity (Wildman–Crippen MR) is 116 cm³/mol. The summed E-state index contributed by atoms with van der Waals surface area (Å²) in [6, 6.07) is 0.203. The zero-order valence-corrected chi connectivity index (χ0v) is 19.2. The Kier molecular flexibility index (Phi) is 9.87. The molecule has 0 aromatic heterocycles. The lowest BCUT2D eigenvalue weighted by atomic mass is 9.80. The monoisotopic (exact) mass is 415 g/mol. The van der Waals surface area contributed by atoms with Gasteiger partial charge in [-0.2, -0.15) is 0 Å². The number of ether oxygens (including phenoxy) is 1. The minimum atomic E-state index is -0.901. The number of hydrogen-bond donors (Lipinski definition) is 2. The van der Waals surface area contributed by atoms with Gasteiger partial charge >= 0.3 is 6.03 Å². The van der Waals surface area contributed by atoms with Crippen LogP contribution in [0, 0.1) is 11.8 Å². The maximum atomic E-state index is 12.7. The average molecular weight is 416 g/mol. The van der Waals surface area contributed by atoms with E-state index in [4.69, 9.17) is 4.74 Å². The molecule has 0 spiro atoms. The zero-order chi connectivity index (χ0) is 20.7. The number of nitrogens with zero attached hydrogens (tertiary/aromatic N) is 1. The molecular formula is C21H41N3O3S. The van der Waals surface area contributed by atoms with Crippen LogP contribution in [0.5, 0.6) is 0 Å². The van der Waals surface area contributed by atoms with Crippen molar-refractivity contribution in [1.29, 1.82) is 0 Å². The summed E-state index contributed by atoms with van der Waals surface area (Å²) >= 11 is -0.901. The fraction of sp³-hybridized carbons (Fsp3) is 0.952. The van der Waals surface area contributed by atoms with Gasteiger partial charge in [0.2, 0.25) is 0 Å². The summed E-state index contributed by atoms with van der Waals surface area (Å²) in [7, 11) is 0. The van der Waals surface area contributed by atoms with E-state index in [1.807, 2.05) is 18.7 Å². The molecule has 2 aliphatic rings. The molecular weight excluding hydrogens is 374 g/mol. The van der Waals surface area contributed by atoms with E-state index in [0.29, 0.717) is 18.6 Å². The van der Waals surface area contributed by atoms with Gasteiger partial charge in [-0.3, -0.25) is 5.32 Å². The van der Waals surface area contributed by atoms with Crippen LogP contribution in [0.15, 0.2) is 0 Å². The third-order valence-electron chi connectivity index (χ3n) is 6.17. The summed E-state index contributed by atoms with van der Waals surface area (Å²) in [6.07, 6.45) is 8.65. The molecule has 1 heterocycles. The molecule has 1 aliphatic heterocycles. The van der Waals surface area contributed by atoms with E-state index in [9.17, 15) is 9.35 Å². The molecule has 0 bridgehead atoms. The summed E-state index contributed by atoms with van der Waals surface area (Å²) in [4.78, 5) is 14.7. The second-order valence-electron chi connectivity index (χ2n) is 9.15. The Morgan fingerprint density at radius 2 is 1.86 bits per heavy atom. The van der Waals surface area contributed by atoms with Crippen molar-refractivity contribution in [3.63, 3.8) is 0 Å². The van der Waals surface area contributed by atoms with Crippen LogP contribution >= 0.6 is 0 Å². The molecule has 1 aliphatic carbocycles. The minimum Gasteiger partial charge on any atom is -0.616 e. The molecule has 2 amide bonds. The molecule has 1 saturated heterocycles. The van der Waals surface area contributed by atoms with E-state index in [0.717, 1.165) is 44.1 Å². The minimum absolute atomic E-state index is 0.0149. The molecule has 0 aromatic rings. The maximum absolute atomic E-state index is 12.7. The summed E-state index contributed by atoms with van der Waals surface area (Å²) in [5.41, 5.74) is 0. The third-order valence-corrected chi connectivity index (χ3v) is 6.74. The van der Waals surface area contributed by atoms with Crippen molar-refractivity contribution in [3.8, 4) is 0 Å². The molecule has 3 atom stereocenters. The number of nitrogens with one attached hydrogen (secondary N) is 2. The first-order chi connectivity index (χ1) is 13.3. The van der Waals surface area contributed by atoms with Crippen molar-refractivity contribution in [3.05, 3.63) is 0 Å². The van der Waals surface area contributed by atoms with Crippen molar-refractivity contribution < 1.29 is 14.1 Å². The molecule has 0 radical (unpaired) electrons. The Hall–Kier alpha value is -0.500. The number of amides is 2. The van der Waals surface area contributed by atoms with Gasteiger partial charge in [-0.15, -0.1) is 0 Å². The standard InChI is InChI=1S/C21H41N3O3S/c1-15(2)17-8-10-18(11-9-17)27-13-20-19(22-14-28(5)26)7-6-12-24(20)21(25)23-16(3)4/h15-20,22H,6-14H2,1-5H3,(H,23,25)/t17-,18+,19-,20-,28?/m0/s1. The first kappa shape index (κ1) is 23.8. The van der Waals surface area contributed by atoms with Crippen LogP contribution in [0.2, 0.25) is 0 Å². The third kappa shape index (κ3) is 7.39. The number of urea groups is 1. The number of hydrogen-bond acceptors (Lipinski definition) is 4. The quantitative estimate of drug-likeness (QED) is 0.597. The highest BCUT2D eigenvalue weighted by atomic mass is 32.2. The highest BCUT2D eigenvalue weighted by Gasteiger charge is 2.36. The van der Waals surface area contributed by atoms with Crippen LogP contribution in [0.25, 0.3) is 0 Å². The zero-order valence-electron chi connectivity index (χ0n) is 18.4. The van der Waals surface area contributed by atoms with Crippen LogP contribution in [0.3, 0.4) is 0 Å². The number of likely N-dealkylation sites (tertiary alicyclic amines) is 1. The Morgan fingerprint density at radius 1 is 1.18 bits per heavy atom.